The zero-order chi connectivity index (χ0) is 17.7. The molecule has 130 valence electrons. The van der Waals surface area contributed by atoms with Gasteiger partial charge in [0.25, 0.3) is 5.91 Å². The van der Waals surface area contributed by atoms with Gasteiger partial charge in [0.2, 0.25) is 0 Å². The molecule has 1 amide bonds. The minimum Gasteiger partial charge on any atom is -0.497 e. The van der Waals surface area contributed by atoms with Crippen molar-refractivity contribution in [3.8, 4) is 11.5 Å². The number of aromatic amines is 1. The molecule has 6 nitrogen and oxygen atoms in total. The zero-order valence-corrected chi connectivity index (χ0v) is 12.4. The Morgan fingerprint density at radius 1 is 1.38 bits per heavy atom. The number of carbonyl (C=O) groups is 1. The van der Waals surface area contributed by atoms with Crippen LogP contribution in [0.4, 0.5) is 23.4 Å². The van der Waals surface area contributed by atoms with E-state index in [1.165, 1.54) is 37.6 Å². The molecule has 1 aromatic carbocycles. The third-order valence-electron chi connectivity index (χ3n) is 2.92. The van der Waals surface area contributed by atoms with Crippen LogP contribution in [0.5, 0.6) is 11.5 Å². The van der Waals surface area contributed by atoms with Gasteiger partial charge < -0.3 is 14.8 Å². The van der Waals surface area contributed by atoms with Crippen molar-refractivity contribution >= 4 is 11.7 Å². The van der Waals surface area contributed by atoms with E-state index < -0.39 is 24.9 Å². The molecule has 0 aliphatic carbocycles. The second-order valence-electron chi connectivity index (χ2n) is 4.64. The molecule has 24 heavy (non-hydrogen) atoms. The van der Waals surface area contributed by atoms with E-state index in [2.05, 4.69) is 15.5 Å². The molecule has 0 saturated carbocycles. The number of H-pyrrole nitrogens is 1. The third kappa shape index (κ3) is 4.15. The average Bonchev–Trinajstić information content (AvgIpc) is 3.05. The summed E-state index contributed by atoms with van der Waals surface area (Å²) in [5, 5.41) is 8.54. The Labute approximate surface area is 133 Å². The Balaban J connectivity index is 2.22. The summed E-state index contributed by atoms with van der Waals surface area (Å²) < 4.78 is 60.1. The Morgan fingerprint density at radius 2 is 2.12 bits per heavy atom. The first-order valence-corrected chi connectivity index (χ1v) is 6.61. The molecular formula is C14H13F4N3O3. The van der Waals surface area contributed by atoms with E-state index in [1.54, 1.807) is 0 Å². The van der Waals surface area contributed by atoms with Crippen molar-refractivity contribution in [3.63, 3.8) is 0 Å². The molecule has 0 spiro atoms. The van der Waals surface area contributed by atoms with Gasteiger partial charge in [0.15, 0.2) is 6.61 Å². The monoisotopic (exact) mass is 347 g/mol. The molecule has 0 aliphatic rings. The number of ether oxygens (including phenoxy) is 2. The first-order chi connectivity index (χ1) is 11.3. The minimum absolute atomic E-state index is 0.158. The predicted octanol–water partition coefficient (Wildman–Crippen LogP) is 2.95. The van der Waals surface area contributed by atoms with Crippen molar-refractivity contribution < 1.29 is 31.8 Å². The number of methoxy groups -OCH3 is 1. The van der Waals surface area contributed by atoms with E-state index in [9.17, 15) is 22.4 Å². The van der Waals surface area contributed by atoms with Crippen LogP contribution in [-0.2, 0) is 0 Å². The summed E-state index contributed by atoms with van der Waals surface area (Å²) >= 11 is 0. The molecule has 0 saturated heterocycles. The van der Waals surface area contributed by atoms with Crippen LogP contribution in [0, 0.1) is 0 Å². The van der Waals surface area contributed by atoms with E-state index in [1.807, 2.05) is 0 Å². The number of amides is 1. The normalized spacial score (nSPS) is 11.4. The van der Waals surface area contributed by atoms with E-state index in [4.69, 9.17) is 9.47 Å². The summed E-state index contributed by atoms with van der Waals surface area (Å²) in [6, 6.07) is 5.23. The largest absolute Gasteiger partial charge is 0.497 e. The summed E-state index contributed by atoms with van der Waals surface area (Å²) in [5.74, 6) is -4.82. The van der Waals surface area contributed by atoms with Crippen LogP contribution < -0.4 is 14.8 Å². The van der Waals surface area contributed by atoms with Gasteiger partial charge in [-0.3, -0.25) is 9.89 Å². The van der Waals surface area contributed by atoms with Gasteiger partial charge in [0, 0.05) is 6.07 Å². The molecule has 2 rings (SSSR count). The topological polar surface area (TPSA) is 76.2 Å². The van der Waals surface area contributed by atoms with Gasteiger partial charge >= 0.3 is 12.3 Å². The van der Waals surface area contributed by atoms with Crippen LogP contribution >= 0.6 is 0 Å². The molecule has 0 atom stereocenters. The number of nitrogens with one attached hydrogen (secondary N) is 2. The highest BCUT2D eigenvalue weighted by Gasteiger charge is 2.42. The number of nitrogens with zero attached hydrogens (tertiary/aromatic N) is 1. The third-order valence-corrected chi connectivity index (χ3v) is 2.92. The van der Waals surface area contributed by atoms with Gasteiger partial charge in [0.1, 0.15) is 17.3 Å². The van der Waals surface area contributed by atoms with Crippen molar-refractivity contribution in [2.75, 3.05) is 19.0 Å². The lowest BCUT2D eigenvalue weighted by Crippen LogP contribution is -2.34. The molecule has 0 fully saturated rings. The van der Waals surface area contributed by atoms with Crippen LogP contribution in [0.15, 0.2) is 30.5 Å². The van der Waals surface area contributed by atoms with Crippen LogP contribution in [-0.4, -0.2) is 42.2 Å². The molecule has 1 heterocycles. The lowest BCUT2D eigenvalue weighted by atomic mass is 10.1. The molecule has 0 unspecified atom stereocenters. The van der Waals surface area contributed by atoms with Gasteiger partial charge in [-0.25, -0.2) is 8.78 Å². The fourth-order valence-electron chi connectivity index (χ4n) is 1.69. The maximum absolute atomic E-state index is 13.0. The summed E-state index contributed by atoms with van der Waals surface area (Å²) in [7, 11) is 1.34. The van der Waals surface area contributed by atoms with Crippen molar-refractivity contribution in [2.24, 2.45) is 0 Å². The number of hydrogen-bond acceptors (Lipinski definition) is 4. The van der Waals surface area contributed by atoms with Gasteiger partial charge in [-0.05, 0) is 18.2 Å². The summed E-state index contributed by atoms with van der Waals surface area (Å²) in [5.41, 5.74) is -0.158. The Hall–Kier alpha value is -2.78. The van der Waals surface area contributed by atoms with Crippen LogP contribution in [0.2, 0.25) is 0 Å². The summed E-state index contributed by atoms with van der Waals surface area (Å²) in [6.07, 6.45) is -2.49. The molecule has 2 aromatic rings. The van der Waals surface area contributed by atoms with Gasteiger partial charge in [0.05, 0.1) is 18.9 Å². The highest BCUT2D eigenvalue weighted by molar-refractivity contribution is 6.06. The number of benzene rings is 1. The maximum Gasteiger partial charge on any atom is 0.340 e. The Morgan fingerprint density at radius 3 is 2.71 bits per heavy atom. The SMILES string of the molecule is COc1ccc(OCC(F)(F)C(F)F)c(C(=O)Nc2ccn[nH]2)c1. The first-order valence-electron chi connectivity index (χ1n) is 6.61. The molecule has 1 aromatic heterocycles. The fourth-order valence-corrected chi connectivity index (χ4v) is 1.69. The molecule has 0 aliphatic heterocycles. The quantitative estimate of drug-likeness (QED) is 0.755. The Bertz CT molecular complexity index is 693. The number of alkyl halides is 4. The van der Waals surface area contributed by atoms with E-state index in [-0.39, 0.29) is 22.9 Å². The van der Waals surface area contributed by atoms with Crippen molar-refractivity contribution in [2.45, 2.75) is 12.3 Å². The highest BCUT2D eigenvalue weighted by Crippen LogP contribution is 2.28. The summed E-state index contributed by atoms with van der Waals surface area (Å²) in [6.45, 7) is -1.57. The number of rotatable bonds is 7. The smallest absolute Gasteiger partial charge is 0.340 e. The van der Waals surface area contributed by atoms with E-state index in [0.29, 0.717) is 0 Å². The fraction of sp³-hybridized carbons (Fsp3) is 0.286. The van der Waals surface area contributed by atoms with Gasteiger partial charge in [-0.1, -0.05) is 0 Å². The zero-order valence-electron chi connectivity index (χ0n) is 12.4. The van der Waals surface area contributed by atoms with Gasteiger partial charge in [-0.15, -0.1) is 0 Å². The summed E-state index contributed by atoms with van der Waals surface area (Å²) in [4.78, 5) is 12.2. The first kappa shape index (κ1) is 17.6. The van der Waals surface area contributed by atoms with Crippen molar-refractivity contribution in [3.05, 3.63) is 36.0 Å². The molecular weight excluding hydrogens is 334 g/mol. The Kier molecular flexibility index (Phi) is 5.27. The number of anilines is 1. The molecule has 2 N–H and O–H groups in total. The second-order valence-corrected chi connectivity index (χ2v) is 4.64. The minimum atomic E-state index is -4.34. The molecule has 10 heteroatoms. The standard InChI is InChI=1S/C14H13F4N3O3/c1-23-8-2-3-10(24-7-14(17,18)13(15)16)9(6-8)12(22)20-11-4-5-19-21-11/h2-6,13H,7H2,1H3,(H2,19,20,21,22). The molecule has 0 radical (unpaired) electrons. The van der Waals surface area contributed by atoms with Crippen LogP contribution in [0.3, 0.4) is 0 Å². The number of halogens is 4. The second kappa shape index (κ2) is 7.20. The van der Waals surface area contributed by atoms with Crippen LogP contribution in [0.1, 0.15) is 10.4 Å². The highest BCUT2D eigenvalue weighted by atomic mass is 19.3. The van der Waals surface area contributed by atoms with Crippen molar-refractivity contribution in [1.82, 2.24) is 10.2 Å². The maximum atomic E-state index is 13.0. The average molecular weight is 347 g/mol. The predicted molar refractivity (Wildman–Crippen MR) is 76.0 cm³/mol. The van der Waals surface area contributed by atoms with Crippen molar-refractivity contribution in [1.29, 1.82) is 0 Å². The lowest BCUT2D eigenvalue weighted by molar-refractivity contribution is -0.148. The number of hydrogen-bond donors (Lipinski definition) is 2. The molecule has 0 bridgehead atoms. The van der Waals surface area contributed by atoms with E-state index >= 15 is 0 Å². The lowest BCUT2D eigenvalue weighted by Gasteiger charge is -2.18. The van der Waals surface area contributed by atoms with Crippen LogP contribution in [0.25, 0.3) is 0 Å². The number of aromatic nitrogens is 2. The van der Waals surface area contributed by atoms with Gasteiger partial charge in [-0.2, -0.15) is 13.9 Å². The number of carbonyl (C=O) groups excluding carboxylic acids is 1. The van der Waals surface area contributed by atoms with E-state index in [0.717, 1.165) is 0 Å².